The Bertz CT molecular complexity index is 2690. The van der Waals surface area contributed by atoms with Crippen molar-refractivity contribution in [3.8, 4) is 11.1 Å². The van der Waals surface area contributed by atoms with Crippen molar-refractivity contribution in [2.75, 3.05) is 0 Å². The highest BCUT2D eigenvalue weighted by Crippen LogP contribution is 2.35. The fourth-order valence-corrected chi connectivity index (χ4v) is 7.67. The molecule has 2 atom stereocenters. The maximum Gasteiger partial charge on any atom is 0.202 e. The third-order valence-electron chi connectivity index (χ3n) is 9.90. The van der Waals surface area contributed by atoms with Crippen LogP contribution in [0.5, 0.6) is 0 Å². The number of hydrogen-bond donors (Lipinski definition) is 0. The average molecular weight is 932 g/mol. The Hall–Kier alpha value is -4.71. The van der Waals surface area contributed by atoms with Crippen LogP contribution < -0.4 is 0 Å². The molecule has 59 heavy (non-hydrogen) atoms. The summed E-state index contributed by atoms with van der Waals surface area (Å²) in [5, 5.41) is 3.80. The molecule has 0 spiro atoms. The quantitative estimate of drug-likeness (QED) is 0.148. The summed E-state index contributed by atoms with van der Waals surface area (Å²) in [6, 6.07) is 50.9. The number of halogens is 3. The van der Waals surface area contributed by atoms with Crippen molar-refractivity contribution in [2.24, 2.45) is 0 Å². The number of ether oxygens (including phenoxy) is 4. The van der Waals surface area contributed by atoms with Crippen molar-refractivity contribution in [3.05, 3.63) is 210 Å². The Morgan fingerprint density at radius 1 is 0.542 bits per heavy atom. The standard InChI is InChI=1S/C25H20ClNO2.C19H17NO2.C6H4ClI/c1-16-10-17(12-20(11-16)18-6-8-22(26)9-7-18)14-28-25-24-21(15-29-25)13-19-4-2-3-5-23(19)27-24;1-13-5-4-6-14(9-13)11-21-19-18-16(12-22-19)10-15-7-2-3-8-17(15)20-18;7-5-1-3-6(8)4-2-5/h2-13,25H,14-15H2,1H3;2-10,19H,11-12H2,1H3;1-4H. The maximum absolute atomic E-state index is 6.12. The average Bonchev–Trinajstić information content (AvgIpc) is 3.84. The molecule has 9 heteroatoms. The van der Waals surface area contributed by atoms with Crippen LogP contribution in [0, 0.1) is 17.4 Å². The predicted molar refractivity (Wildman–Crippen MR) is 245 cm³/mol. The number of nitrogens with zero attached hydrogens (tertiary/aromatic N) is 2. The van der Waals surface area contributed by atoms with Gasteiger partial charge in [0.1, 0.15) is 11.4 Å². The van der Waals surface area contributed by atoms with Crippen molar-refractivity contribution in [1.82, 2.24) is 9.97 Å². The number of pyridine rings is 2. The van der Waals surface area contributed by atoms with Crippen LogP contribution in [-0.2, 0) is 45.4 Å². The molecule has 2 aromatic heterocycles. The highest BCUT2D eigenvalue weighted by atomic mass is 127. The van der Waals surface area contributed by atoms with Crippen LogP contribution in [0.3, 0.4) is 0 Å². The van der Waals surface area contributed by atoms with Crippen molar-refractivity contribution in [3.63, 3.8) is 0 Å². The number of para-hydroxylation sites is 2. The van der Waals surface area contributed by atoms with Gasteiger partial charge in [-0.15, -0.1) is 0 Å². The molecule has 0 N–H and O–H groups in total. The van der Waals surface area contributed by atoms with Gasteiger partial charge >= 0.3 is 0 Å². The van der Waals surface area contributed by atoms with Gasteiger partial charge in [0.2, 0.25) is 12.6 Å². The summed E-state index contributed by atoms with van der Waals surface area (Å²) >= 11 is 13.9. The fourth-order valence-electron chi connectivity index (χ4n) is 7.06. The zero-order valence-corrected chi connectivity index (χ0v) is 36.2. The van der Waals surface area contributed by atoms with E-state index in [1.54, 1.807) is 0 Å². The Morgan fingerprint density at radius 2 is 1.07 bits per heavy atom. The molecule has 10 rings (SSSR count). The number of hydrogen-bond acceptors (Lipinski definition) is 6. The third kappa shape index (κ3) is 10.5. The van der Waals surface area contributed by atoms with E-state index in [1.165, 1.54) is 14.7 Å². The molecule has 2 aliphatic rings. The molecule has 6 nitrogen and oxygen atoms in total. The first-order valence-corrected chi connectivity index (χ1v) is 21.1. The van der Waals surface area contributed by atoms with E-state index in [0.717, 1.165) is 76.6 Å². The SMILES string of the molecule is Cc1cc(COC2OCc3cc4ccccc4nc32)cc(-c2ccc(Cl)cc2)c1.Cc1cccc(COC2OCc3cc4ccccc4nc32)c1.Clc1ccc(I)cc1. The van der Waals surface area contributed by atoms with Gasteiger partial charge in [0.25, 0.3) is 0 Å². The summed E-state index contributed by atoms with van der Waals surface area (Å²) in [5.41, 5.74) is 12.9. The van der Waals surface area contributed by atoms with Gasteiger partial charge in [-0.25, -0.2) is 9.97 Å². The Labute approximate surface area is 368 Å². The predicted octanol–water partition coefficient (Wildman–Crippen LogP) is 13.8. The molecular formula is C50H41Cl2IN2O4. The van der Waals surface area contributed by atoms with Crippen LogP contribution in [0.4, 0.5) is 0 Å². The van der Waals surface area contributed by atoms with Crippen molar-refractivity contribution in [1.29, 1.82) is 0 Å². The molecule has 2 aliphatic heterocycles. The molecule has 0 radical (unpaired) electrons. The Balaban J connectivity index is 0.000000142. The van der Waals surface area contributed by atoms with Crippen LogP contribution in [0.1, 0.15) is 57.3 Å². The highest BCUT2D eigenvalue weighted by Gasteiger charge is 2.27. The number of aryl methyl sites for hydroxylation is 2. The normalized spacial score (nSPS) is 15.2. The minimum atomic E-state index is -0.436. The first-order chi connectivity index (χ1) is 28.7. The largest absolute Gasteiger partial charge is 0.342 e. The van der Waals surface area contributed by atoms with Gasteiger partial charge in [0.15, 0.2) is 0 Å². The van der Waals surface area contributed by atoms with Crippen LogP contribution >= 0.6 is 45.8 Å². The van der Waals surface area contributed by atoms with Crippen LogP contribution in [0.2, 0.25) is 10.0 Å². The lowest BCUT2D eigenvalue weighted by Crippen LogP contribution is -2.05. The van der Waals surface area contributed by atoms with Gasteiger partial charge in [-0.1, -0.05) is 119 Å². The second-order valence-electron chi connectivity index (χ2n) is 14.5. The summed E-state index contributed by atoms with van der Waals surface area (Å²) in [5.74, 6) is 0. The van der Waals surface area contributed by atoms with E-state index in [4.69, 9.17) is 52.1 Å². The van der Waals surface area contributed by atoms with E-state index in [0.29, 0.717) is 26.4 Å². The summed E-state index contributed by atoms with van der Waals surface area (Å²) < 4.78 is 24.9. The summed E-state index contributed by atoms with van der Waals surface area (Å²) in [6.07, 6.45) is -0.811. The Morgan fingerprint density at radius 3 is 1.63 bits per heavy atom. The fraction of sp³-hybridized carbons (Fsp3) is 0.160. The molecule has 6 aromatic carbocycles. The zero-order chi connectivity index (χ0) is 40.7. The van der Waals surface area contributed by atoms with E-state index < -0.39 is 6.29 Å². The summed E-state index contributed by atoms with van der Waals surface area (Å²) in [4.78, 5) is 9.49. The first-order valence-electron chi connectivity index (χ1n) is 19.3. The molecule has 2 unspecified atom stereocenters. The van der Waals surface area contributed by atoms with Gasteiger partial charge in [0, 0.05) is 35.5 Å². The molecule has 0 saturated heterocycles. The van der Waals surface area contributed by atoms with Gasteiger partial charge < -0.3 is 18.9 Å². The highest BCUT2D eigenvalue weighted by molar-refractivity contribution is 14.1. The minimum absolute atomic E-state index is 0.375. The molecular weight excluding hydrogens is 890 g/mol. The molecule has 0 aliphatic carbocycles. The second kappa shape index (κ2) is 19.1. The van der Waals surface area contributed by atoms with Gasteiger partial charge in [0.05, 0.1) is 37.5 Å². The zero-order valence-electron chi connectivity index (χ0n) is 32.6. The van der Waals surface area contributed by atoms with Gasteiger partial charge in [-0.2, -0.15) is 0 Å². The lowest BCUT2D eigenvalue weighted by Gasteiger charge is -2.14. The third-order valence-corrected chi connectivity index (χ3v) is 11.1. The number of fused-ring (bicyclic) bond motifs is 4. The van der Waals surface area contributed by atoms with E-state index >= 15 is 0 Å². The molecule has 0 bridgehead atoms. The van der Waals surface area contributed by atoms with Crippen LogP contribution in [-0.4, -0.2) is 9.97 Å². The van der Waals surface area contributed by atoms with Gasteiger partial charge in [-0.3, -0.25) is 0 Å². The van der Waals surface area contributed by atoms with Crippen LogP contribution in [0.15, 0.2) is 152 Å². The lowest BCUT2D eigenvalue weighted by molar-refractivity contribution is -0.147. The molecule has 4 heterocycles. The maximum atomic E-state index is 6.12. The summed E-state index contributed by atoms with van der Waals surface area (Å²) in [7, 11) is 0. The van der Waals surface area contributed by atoms with Crippen LogP contribution in [0.25, 0.3) is 32.9 Å². The minimum Gasteiger partial charge on any atom is -0.342 e. The number of aromatic nitrogens is 2. The number of benzene rings is 6. The van der Waals surface area contributed by atoms with Crippen molar-refractivity contribution < 1.29 is 18.9 Å². The number of rotatable bonds is 7. The van der Waals surface area contributed by atoms with E-state index in [2.05, 4.69) is 97.1 Å². The molecule has 8 aromatic rings. The monoisotopic (exact) mass is 930 g/mol. The smallest absolute Gasteiger partial charge is 0.202 e. The van der Waals surface area contributed by atoms with Gasteiger partial charge in [-0.05, 0) is 125 Å². The molecule has 296 valence electrons. The topological polar surface area (TPSA) is 62.7 Å². The molecule has 0 saturated carbocycles. The van der Waals surface area contributed by atoms with E-state index in [-0.39, 0.29) is 6.29 Å². The van der Waals surface area contributed by atoms with Crippen molar-refractivity contribution in [2.45, 2.75) is 52.9 Å². The molecule has 0 fully saturated rings. The van der Waals surface area contributed by atoms with E-state index in [1.807, 2.05) is 91.0 Å². The first kappa shape index (κ1) is 41.0. The lowest BCUT2D eigenvalue weighted by atomic mass is 10.0. The summed E-state index contributed by atoms with van der Waals surface area (Å²) in [6.45, 7) is 6.26. The molecule has 0 amide bonds. The van der Waals surface area contributed by atoms with E-state index in [9.17, 15) is 0 Å². The second-order valence-corrected chi connectivity index (χ2v) is 16.6. The Kier molecular flexibility index (Phi) is 13.3. The van der Waals surface area contributed by atoms with Crippen molar-refractivity contribution >= 4 is 67.6 Å².